The van der Waals surface area contributed by atoms with Gasteiger partial charge < -0.3 is 37.4 Å². The molecule has 9 N–H and O–H groups in total. The van der Waals surface area contributed by atoms with E-state index >= 15 is 0 Å². The number of amides is 2. The summed E-state index contributed by atoms with van der Waals surface area (Å²) in [5, 5.41) is 31.4. The minimum Gasteiger partial charge on any atom is -0.481 e. The predicted molar refractivity (Wildman–Crippen MR) is 86.3 cm³/mol. The van der Waals surface area contributed by atoms with Crippen LogP contribution in [0, 0.1) is 0 Å². The Morgan fingerprint density at radius 2 is 1.64 bits per heavy atom. The number of hydrogen-bond donors (Lipinski definition) is 7. The van der Waals surface area contributed by atoms with E-state index in [2.05, 4.69) is 5.32 Å². The molecular weight excluding hydrogens is 336 g/mol. The molecule has 4 atom stereocenters. The van der Waals surface area contributed by atoms with Gasteiger partial charge in [-0.15, -0.1) is 0 Å². The first-order valence-corrected chi connectivity index (χ1v) is 7.79. The second kappa shape index (κ2) is 11.3. The van der Waals surface area contributed by atoms with E-state index in [0.717, 1.165) is 6.92 Å². The van der Waals surface area contributed by atoms with Gasteiger partial charge in [-0.3, -0.25) is 14.4 Å². The van der Waals surface area contributed by atoms with Gasteiger partial charge in [0.1, 0.15) is 6.04 Å². The Labute approximate surface area is 144 Å². The Morgan fingerprint density at radius 1 is 1.04 bits per heavy atom. The fraction of sp³-hybridized carbons (Fsp3) is 0.714. The molecule has 0 aromatic rings. The maximum Gasteiger partial charge on any atom is 0.328 e. The van der Waals surface area contributed by atoms with Crippen molar-refractivity contribution in [2.75, 3.05) is 6.54 Å². The lowest BCUT2D eigenvalue weighted by molar-refractivity contribution is -0.145. The van der Waals surface area contributed by atoms with Gasteiger partial charge in [0.05, 0.1) is 18.6 Å². The third kappa shape index (κ3) is 8.98. The topological polar surface area (TPSA) is 205 Å². The van der Waals surface area contributed by atoms with Crippen LogP contribution in [0.25, 0.3) is 0 Å². The van der Waals surface area contributed by atoms with Crippen LogP contribution < -0.4 is 22.1 Å². The molecule has 0 saturated heterocycles. The van der Waals surface area contributed by atoms with Crippen molar-refractivity contribution >= 4 is 23.8 Å². The largest absolute Gasteiger partial charge is 0.481 e. The number of rotatable bonds is 12. The molecule has 2 amide bonds. The van der Waals surface area contributed by atoms with Gasteiger partial charge in [-0.25, -0.2) is 4.79 Å². The number of carbonyl (C=O) groups is 4. The van der Waals surface area contributed by atoms with Gasteiger partial charge in [-0.2, -0.15) is 0 Å². The van der Waals surface area contributed by atoms with Crippen molar-refractivity contribution in [2.24, 2.45) is 11.5 Å². The summed E-state index contributed by atoms with van der Waals surface area (Å²) in [5.74, 6) is -4.65. The highest BCUT2D eigenvalue weighted by molar-refractivity contribution is 5.94. The Hall–Kier alpha value is -2.24. The highest BCUT2D eigenvalue weighted by atomic mass is 16.4. The second-order valence-electron chi connectivity index (χ2n) is 5.62. The molecule has 0 aliphatic heterocycles. The van der Waals surface area contributed by atoms with Gasteiger partial charge in [0, 0.05) is 0 Å². The van der Waals surface area contributed by atoms with E-state index in [1.165, 1.54) is 0 Å². The number of nitrogens with one attached hydrogen (secondary N) is 2. The number of aliphatic hydroxyl groups is 1. The molecule has 0 radical (unpaired) electrons. The lowest BCUT2D eigenvalue weighted by Crippen LogP contribution is -2.57. The molecular formula is C14H26N4O7. The normalized spacial score (nSPS) is 15.5. The van der Waals surface area contributed by atoms with Crippen LogP contribution in [0.15, 0.2) is 0 Å². The van der Waals surface area contributed by atoms with Crippen LogP contribution >= 0.6 is 0 Å². The van der Waals surface area contributed by atoms with Crippen molar-refractivity contribution in [3.05, 3.63) is 0 Å². The maximum atomic E-state index is 12.1. The van der Waals surface area contributed by atoms with E-state index < -0.39 is 54.4 Å². The number of carboxylic acid groups (broad SMARTS) is 2. The molecule has 0 spiro atoms. The monoisotopic (exact) mass is 362 g/mol. The molecule has 0 bridgehead atoms. The third-order valence-electron chi connectivity index (χ3n) is 3.36. The molecule has 144 valence electrons. The predicted octanol–water partition coefficient (Wildman–Crippen LogP) is -2.65. The van der Waals surface area contributed by atoms with Gasteiger partial charge in [-0.1, -0.05) is 6.42 Å². The summed E-state index contributed by atoms with van der Waals surface area (Å²) in [7, 11) is 0. The minimum absolute atomic E-state index is 0.301. The van der Waals surface area contributed by atoms with Crippen molar-refractivity contribution in [3.8, 4) is 0 Å². The summed E-state index contributed by atoms with van der Waals surface area (Å²) in [4.78, 5) is 46.0. The first-order valence-electron chi connectivity index (χ1n) is 7.79. The van der Waals surface area contributed by atoms with Crippen LogP contribution in [-0.2, 0) is 19.2 Å². The molecule has 0 aromatic heterocycles. The molecule has 25 heavy (non-hydrogen) atoms. The number of carbonyl (C=O) groups excluding carboxylic acids is 2. The fourth-order valence-electron chi connectivity index (χ4n) is 1.94. The number of hydrogen-bond acceptors (Lipinski definition) is 7. The number of unbranched alkanes of at least 4 members (excludes halogenated alkanes) is 1. The molecule has 0 unspecified atom stereocenters. The van der Waals surface area contributed by atoms with Crippen LogP contribution in [0.4, 0.5) is 0 Å². The molecule has 0 rings (SSSR count). The maximum absolute atomic E-state index is 12.1. The van der Waals surface area contributed by atoms with E-state index in [-0.39, 0.29) is 0 Å². The summed E-state index contributed by atoms with van der Waals surface area (Å²) in [6, 6.07) is -4.12. The van der Waals surface area contributed by atoms with Crippen molar-refractivity contribution in [2.45, 2.75) is 56.8 Å². The summed E-state index contributed by atoms with van der Waals surface area (Å²) in [6.45, 7) is 1.59. The highest BCUT2D eigenvalue weighted by Gasteiger charge is 2.31. The van der Waals surface area contributed by atoms with Crippen molar-refractivity contribution in [1.82, 2.24) is 10.6 Å². The van der Waals surface area contributed by atoms with Gasteiger partial charge in [0.25, 0.3) is 0 Å². The van der Waals surface area contributed by atoms with E-state index in [4.69, 9.17) is 21.7 Å². The summed E-state index contributed by atoms with van der Waals surface area (Å²) in [5.41, 5.74) is 11.0. The molecule has 11 nitrogen and oxygen atoms in total. The van der Waals surface area contributed by atoms with E-state index in [0.29, 0.717) is 25.8 Å². The molecule has 0 saturated carbocycles. The van der Waals surface area contributed by atoms with Crippen molar-refractivity contribution in [1.29, 1.82) is 0 Å². The second-order valence-corrected chi connectivity index (χ2v) is 5.62. The fourth-order valence-corrected chi connectivity index (χ4v) is 1.94. The van der Waals surface area contributed by atoms with Crippen LogP contribution in [0.3, 0.4) is 0 Å². The van der Waals surface area contributed by atoms with Gasteiger partial charge in [0.2, 0.25) is 11.8 Å². The lowest BCUT2D eigenvalue weighted by Gasteiger charge is -2.23. The quantitative estimate of drug-likeness (QED) is 0.181. The van der Waals surface area contributed by atoms with Crippen LogP contribution in [0.2, 0.25) is 0 Å². The standard InChI is InChI=1S/C14H26N4O7/c1-7(19)11(14(24)25)18-13(23)9(6-10(20)21)17-12(22)8(16)4-2-3-5-15/h7-9,11,19H,2-6,15-16H2,1H3,(H,17,22)(H,18,23)(H,20,21)(H,24,25)/t7-,8+,9+,11+/m1/s1. The van der Waals surface area contributed by atoms with Crippen molar-refractivity contribution in [3.63, 3.8) is 0 Å². The van der Waals surface area contributed by atoms with Crippen LogP contribution in [0.5, 0.6) is 0 Å². The third-order valence-corrected chi connectivity index (χ3v) is 3.36. The number of aliphatic hydroxyl groups excluding tert-OH is 1. The van der Waals surface area contributed by atoms with E-state index in [9.17, 15) is 24.3 Å². The molecule has 0 heterocycles. The molecule has 0 aromatic carbocycles. The average Bonchev–Trinajstić information content (AvgIpc) is 2.50. The number of carboxylic acids is 2. The average molecular weight is 362 g/mol. The first kappa shape index (κ1) is 22.8. The zero-order chi connectivity index (χ0) is 19.6. The van der Waals surface area contributed by atoms with E-state index in [1.807, 2.05) is 5.32 Å². The zero-order valence-electron chi connectivity index (χ0n) is 14.0. The highest BCUT2D eigenvalue weighted by Crippen LogP contribution is 2.02. The summed E-state index contributed by atoms with van der Waals surface area (Å²) in [6.07, 6.45) is -0.630. The smallest absolute Gasteiger partial charge is 0.328 e. The van der Waals surface area contributed by atoms with Gasteiger partial charge in [-0.05, 0) is 26.3 Å². The Bertz CT molecular complexity index is 484. The van der Waals surface area contributed by atoms with Gasteiger partial charge >= 0.3 is 11.9 Å². The summed E-state index contributed by atoms with van der Waals surface area (Å²) >= 11 is 0. The molecule has 0 aliphatic carbocycles. The van der Waals surface area contributed by atoms with Gasteiger partial charge in [0.15, 0.2) is 6.04 Å². The number of nitrogens with two attached hydrogens (primary N) is 2. The summed E-state index contributed by atoms with van der Waals surface area (Å²) < 4.78 is 0. The lowest BCUT2D eigenvalue weighted by atomic mass is 10.1. The van der Waals surface area contributed by atoms with Crippen LogP contribution in [0.1, 0.15) is 32.6 Å². The first-order chi connectivity index (χ1) is 11.6. The van der Waals surface area contributed by atoms with Crippen LogP contribution in [-0.4, -0.2) is 69.8 Å². The SMILES string of the molecule is C[C@@H](O)[C@H](NC(=O)[C@H](CC(=O)O)NC(=O)[C@@H](N)CCCCN)C(=O)O. The molecule has 11 heteroatoms. The minimum atomic E-state index is -1.64. The van der Waals surface area contributed by atoms with Crippen molar-refractivity contribution < 1.29 is 34.5 Å². The van der Waals surface area contributed by atoms with E-state index in [1.54, 1.807) is 0 Å². The molecule has 0 fully saturated rings. The Balaban J connectivity index is 4.93. The Morgan fingerprint density at radius 3 is 2.08 bits per heavy atom. The molecule has 0 aliphatic rings. The number of aliphatic carboxylic acids is 2. The zero-order valence-corrected chi connectivity index (χ0v) is 14.0. The Kier molecular flexibility index (Phi) is 10.3.